The molecule has 3 aliphatic heterocycles. The molecule has 5 rings (SSSR count). The molecule has 194 valence electrons. The molecule has 4 heterocycles. The fourth-order valence-electron chi connectivity index (χ4n) is 6.91. The number of nitrogens with one attached hydrogen (secondary N) is 1. The highest BCUT2D eigenvalue weighted by Gasteiger charge is 2.42. The Morgan fingerprint density at radius 2 is 1.78 bits per heavy atom. The lowest BCUT2D eigenvalue weighted by atomic mass is 9.95. The van der Waals surface area contributed by atoms with Gasteiger partial charge in [0.2, 0.25) is 11.8 Å². The predicted molar refractivity (Wildman–Crippen MR) is 140 cm³/mol. The summed E-state index contributed by atoms with van der Waals surface area (Å²) < 4.78 is 2.49. The summed E-state index contributed by atoms with van der Waals surface area (Å²) in [7, 11) is 0. The van der Waals surface area contributed by atoms with Gasteiger partial charge >= 0.3 is 0 Å². The fraction of sp³-hybridized carbons (Fsp3) is 0.621. The van der Waals surface area contributed by atoms with Crippen LogP contribution in [-0.4, -0.2) is 56.3 Å². The largest absolute Gasteiger partial charge is 0.349 e. The second-order valence-corrected chi connectivity index (χ2v) is 11.3. The monoisotopic (exact) mass is 491 g/mol. The zero-order valence-corrected chi connectivity index (χ0v) is 22.2. The minimum Gasteiger partial charge on any atom is -0.349 e. The zero-order chi connectivity index (χ0) is 25.4. The molecule has 1 aromatic heterocycles. The van der Waals surface area contributed by atoms with Gasteiger partial charge in [-0.05, 0) is 44.6 Å². The van der Waals surface area contributed by atoms with E-state index in [9.17, 15) is 9.59 Å². The van der Waals surface area contributed by atoms with Gasteiger partial charge in [0.25, 0.3) is 0 Å². The molecule has 0 spiro atoms. The maximum atomic E-state index is 12.7. The van der Waals surface area contributed by atoms with Gasteiger partial charge in [-0.15, -0.1) is 0 Å². The Bertz CT molecular complexity index is 1080. The molecule has 0 radical (unpaired) electrons. The van der Waals surface area contributed by atoms with Gasteiger partial charge in [0.05, 0.1) is 24.0 Å². The number of hydrogen-bond donors (Lipinski definition) is 1. The van der Waals surface area contributed by atoms with Gasteiger partial charge < -0.3 is 14.8 Å². The molecule has 1 N–H and O–H groups in total. The molecular formula is C29H41N5O2. The molecule has 7 nitrogen and oxygen atoms in total. The molecule has 0 saturated carbocycles. The third kappa shape index (κ3) is 4.95. The number of hydrogen-bond acceptors (Lipinski definition) is 4. The number of carbonyl (C=O) groups excluding carboxylic acids is 2. The predicted octanol–water partition coefficient (Wildman–Crippen LogP) is 4.17. The van der Waals surface area contributed by atoms with Crippen LogP contribution in [0.15, 0.2) is 30.3 Å². The Morgan fingerprint density at radius 1 is 1.08 bits per heavy atom. The highest BCUT2D eigenvalue weighted by molar-refractivity contribution is 5.78. The number of rotatable bonds is 7. The number of carbonyl (C=O) groups is 2. The summed E-state index contributed by atoms with van der Waals surface area (Å²) in [6, 6.07) is 12.0. The van der Waals surface area contributed by atoms with Crippen LogP contribution < -0.4 is 5.32 Å². The zero-order valence-electron chi connectivity index (χ0n) is 22.2. The first-order valence-corrected chi connectivity index (χ1v) is 13.7. The fourth-order valence-corrected chi connectivity index (χ4v) is 6.91. The average Bonchev–Trinajstić information content (AvgIpc) is 3.31. The van der Waals surface area contributed by atoms with Gasteiger partial charge in [0.15, 0.2) is 0 Å². The van der Waals surface area contributed by atoms with Crippen LogP contribution in [0.1, 0.15) is 87.7 Å². The molecule has 7 heteroatoms. The second-order valence-electron chi connectivity index (χ2n) is 11.3. The number of fused-ring (bicyclic) bond motifs is 3. The van der Waals surface area contributed by atoms with Crippen LogP contribution >= 0.6 is 0 Å². The third-order valence-electron chi connectivity index (χ3n) is 8.51. The van der Waals surface area contributed by atoms with Crippen LogP contribution in [0.2, 0.25) is 0 Å². The van der Waals surface area contributed by atoms with Gasteiger partial charge in [-0.25, -0.2) is 4.98 Å². The van der Waals surface area contributed by atoms with E-state index in [4.69, 9.17) is 4.98 Å². The van der Waals surface area contributed by atoms with Crippen LogP contribution in [0, 0.1) is 12.8 Å². The Hall–Kier alpha value is -2.67. The van der Waals surface area contributed by atoms with Gasteiger partial charge in [-0.3, -0.25) is 14.5 Å². The lowest BCUT2D eigenvalue weighted by Gasteiger charge is -2.41. The Kier molecular flexibility index (Phi) is 7.20. The standard InChI is InChI=1S/C29H41N5O2/c1-19(2)29(36)32-14-12-27-28(18-32)34(20(3)30-27)25-16-23-10-11-24(17-25)33(23)15-13-26(31-21(4)35)22-8-6-5-7-9-22/h5-9,19,23-26H,10-18H2,1-4H3,(H,31,35)/t23-,24+,25?,26-/m0/s1. The molecule has 2 aromatic rings. The van der Waals surface area contributed by atoms with Gasteiger partial charge in [0.1, 0.15) is 5.82 Å². The van der Waals surface area contributed by atoms with Gasteiger partial charge in [-0.1, -0.05) is 44.2 Å². The third-order valence-corrected chi connectivity index (χ3v) is 8.51. The number of piperidine rings is 1. The van der Waals surface area contributed by atoms with Gasteiger partial charge in [-0.2, -0.15) is 0 Å². The van der Waals surface area contributed by atoms with E-state index in [1.807, 2.05) is 36.9 Å². The van der Waals surface area contributed by atoms with E-state index in [1.54, 1.807) is 6.92 Å². The van der Waals surface area contributed by atoms with E-state index in [-0.39, 0.29) is 23.8 Å². The van der Waals surface area contributed by atoms with Crippen LogP contribution in [0.3, 0.4) is 0 Å². The van der Waals surface area contributed by atoms with Crippen molar-refractivity contribution in [3.8, 4) is 0 Å². The summed E-state index contributed by atoms with van der Waals surface area (Å²) in [5, 5.41) is 3.17. The number of aromatic nitrogens is 2. The van der Waals surface area contributed by atoms with E-state index in [0.717, 1.165) is 44.6 Å². The van der Waals surface area contributed by atoms with Crippen molar-refractivity contribution in [2.45, 2.75) is 96.9 Å². The van der Waals surface area contributed by atoms with E-state index in [1.165, 1.54) is 29.8 Å². The number of amides is 2. The molecule has 1 unspecified atom stereocenters. The maximum Gasteiger partial charge on any atom is 0.225 e. The molecule has 3 aliphatic rings. The normalized spacial score (nSPS) is 24.6. The summed E-state index contributed by atoms with van der Waals surface area (Å²) in [5.41, 5.74) is 3.63. The quantitative estimate of drug-likeness (QED) is 0.631. The highest BCUT2D eigenvalue weighted by atomic mass is 16.2. The van der Waals surface area contributed by atoms with Crippen LogP contribution in [0.25, 0.3) is 0 Å². The molecule has 0 aliphatic carbocycles. The molecule has 2 amide bonds. The molecule has 4 atom stereocenters. The van der Waals surface area contributed by atoms with E-state index < -0.39 is 0 Å². The number of imidazole rings is 1. The second kappa shape index (κ2) is 10.4. The van der Waals surface area contributed by atoms with Crippen molar-refractivity contribution in [3.05, 3.63) is 53.1 Å². The van der Waals surface area contributed by atoms with Crippen molar-refractivity contribution in [2.24, 2.45) is 5.92 Å². The summed E-state index contributed by atoms with van der Waals surface area (Å²) in [6.45, 7) is 10.2. The summed E-state index contributed by atoms with van der Waals surface area (Å²) in [6.07, 6.45) is 6.53. The molecule has 36 heavy (non-hydrogen) atoms. The highest BCUT2D eigenvalue weighted by Crippen LogP contribution is 2.43. The van der Waals surface area contributed by atoms with Crippen LogP contribution in [-0.2, 0) is 22.6 Å². The minimum atomic E-state index is 0.0240. The van der Waals surface area contributed by atoms with E-state index in [2.05, 4.69) is 33.8 Å². The van der Waals surface area contributed by atoms with Crippen molar-refractivity contribution in [1.29, 1.82) is 0 Å². The summed E-state index contributed by atoms with van der Waals surface area (Å²) >= 11 is 0. The molecule has 2 bridgehead atoms. The van der Waals surface area contributed by atoms with Crippen molar-refractivity contribution in [2.75, 3.05) is 13.1 Å². The molecule has 2 fully saturated rings. The smallest absolute Gasteiger partial charge is 0.225 e. The first-order valence-electron chi connectivity index (χ1n) is 13.7. The number of benzene rings is 1. The summed E-state index contributed by atoms with van der Waals surface area (Å²) in [4.78, 5) is 34.3. The number of nitrogens with zero attached hydrogens (tertiary/aromatic N) is 4. The van der Waals surface area contributed by atoms with E-state index >= 15 is 0 Å². The Labute approximate surface area is 215 Å². The van der Waals surface area contributed by atoms with E-state index in [0.29, 0.717) is 24.7 Å². The maximum absolute atomic E-state index is 12.7. The van der Waals surface area contributed by atoms with Crippen molar-refractivity contribution in [3.63, 3.8) is 0 Å². The number of aryl methyl sites for hydroxylation is 1. The van der Waals surface area contributed by atoms with Crippen LogP contribution in [0.5, 0.6) is 0 Å². The SMILES string of the molecule is CC(=O)N[C@@H](CCN1[C@@H]2CC[C@H]1CC(n1c(C)nc3c1CN(C(=O)C(C)C)CC3)C2)c1ccccc1. The van der Waals surface area contributed by atoms with Gasteiger partial charge in [0, 0.05) is 50.5 Å². The lowest BCUT2D eigenvalue weighted by Crippen LogP contribution is -2.45. The summed E-state index contributed by atoms with van der Waals surface area (Å²) in [5.74, 6) is 1.40. The van der Waals surface area contributed by atoms with Crippen molar-refractivity contribution < 1.29 is 9.59 Å². The first-order chi connectivity index (χ1) is 17.3. The topological polar surface area (TPSA) is 70.5 Å². The average molecular weight is 492 g/mol. The Balaban J connectivity index is 1.28. The molecule has 1 aromatic carbocycles. The van der Waals surface area contributed by atoms with Crippen molar-refractivity contribution >= 4 is 11.8 Å². The lowest BCUT2D eigenvalue weighted by molar-refractivity contribution is -0.135. The minimum absolute atomic E-state index is 0.0240. The first kappa shape index (κ1) is 25.0. The van der Waals surface area contributed by atoms with Crippen LogP contribution in [0.4, 0.5) is 0 Å². The molecular weight excluding hydrogens is 450 g/mol. The Morgan fingerprint density at radius 3 is 2.42 bits per heavy atom. The van der Waals surface area contributed by atoms with Crippen molar-refractivity contribution in [1.82, 2.24) is 24.7 Å². The molecule has 2 saturated heterocycles.